The van der Waals surface area contributed by atoms with Crippen LogP contribution in [0.4, 0.5) is 18.9 Å². The monoisotopic (exact) mass is 431 g/mol. The lowest BCUT2D eigenvalue weighted by molar-refractivity contribution is -0.137. The Hall–Kier alpha value is -2.99. The molecule has 2 fully saturated rings. The highest BCUT2D eigenvalue weighted by Gasteiger charge is 2.60. The molecule has 0 aromatic heterocycles. The molecule has 1 amide bonds. The summed E-state index contributed by atoms with van der Waals surface area (Å²) in [6.45, 7) is 0. The zero-order chi connectivity index (χ0) is 21.7. The molecule has 1 saturated heterocycles. The second-order valence-corrected chi connectivity index (χ2v) is 7.87. The maximum atomic E-state index is 13.4. The number of aldehydes is 1. The molecule has 1 saturated carbocycles. The summed E-state index contributed by atoms with van der Waals surface area (Å²) in [4.78, 5) is 27.2. The predicted octanol–water partition coefficient (Wildman–Crippen LogP) is 4.24. The number of alkyl halides is 3. The Labute approximate surface area is 176 Å². The molecule has 1 heterocycles. The van der Waals surface area contributed by atoms with E-state index in [2.05, 4.69) is 0 Å². The minimum atomic E-state index is -4.73. The maximum Gasteiger partial charge on any atom is 0.417 e. The number of carbonyl (C=O) groups excluding carboxylic acids is 2. The van der Waals surface area contributed by atoms with Crippen LogP contribution in [-0.4, -0.2) is 27.7 Å². The van der Waals surface area contributed by atoms with Gasteiger partial charge < -0.3 is 4.90 Å². The number of rotatable bonds is 3. The highest BCUT2D eigenvalue weighted by Crippen LogP contribution is 2.49. The number of carbonyl (C=O) groups is 2. The molecule has 0 atom stereocenters. The summed E-state index contributed by atoms with van der Waals surface area (Å²) in [5, 5.41) is 9.14. The van der Waals surface area contributed by atoms with E-state index in [1.807, 2.05) is 0 Å². The zero-order valence-corrected chi connectivity index (χ0v) is 16.5. The fourth-order valence-electron chi connectivity index (χ4n) is 4.18. The number of hydrogen-bond donors (Lipinski definition) is 0. The lowest BCUT2D eigenvalue weighted by Crippen LogP contribution is -2.54. The van der Waals surface area contributed by atoms with E-state index in [1.54, 1.807) is 23.1 Å². The quantitative estimate of drug-likeness (QED) is 0.529. The molecule has 1 aromatic rings. The van der Waals surface area contributed by atoms with E-state index in [0.717, 1.165) is 35.4 Å². The number of benzene rings is 1. The van der Waals surface area contributed by atoms with Crippen molar-refractivity contribution in [1.29, 1.82) is 5.26 Å². The molecule has 5 nitrogen and oxygen atoms in total. The smallest absolute Gasteiger partial charge is 0.307 e. The third kappa shape index (κ3) is 2.94. The van der Waals surface area contributed by atoms with E-state index in [-0.39, 0.29) is 16.7 Å². The van der Waals surface area contributed by atoms with Crippen molar-refractivity contribution < 1.29 is 22.8 Å². The van der Waals surface area contributed by atoms with Crippen molar-refractivity contribution in [1.82, 2.24) is 4.90 Å². The summed E-state index contributed by atoms with van der Waals surface area (Å²) in [6, 6.07) is 4.72. The molecular formula is C21H16F3N3O2S. The normalized spacial score (nSPS) is 20.6. The maximum absolute atomic E-state index is 13.4. The fraction of sp³-hybridized carbons (Fsp3) is 0.333. The van der Waals surface area contributed by atoms with Gasteiger partial charge in [-0.05, 0) is 74.2 Å². The molecule has 4 rings (SSSR count). The van der Waals surface area contributed by atoms with Crippen molar-refractivity contribution in [3.05, 3.63) is 52.7 Å². The first-order valence-electron chi connectivity index (χ1n) is 9.38. The van der Waals surface area contributed by atoms with Gasteiger partial charge in [0.2, 0.25) is 0 Å². The molecule has 3 aliphatic rings. The van der Waals surface area contributed by atoms with Gasteiger partial charge in [0.05, 0.1) is 22.9 Å². The molecule has 0 radical (unpaired) electrons. The molecule has 0 unspecified atom stereocenters. The first kappa shape index (κ1) is 20.3. The van der Waals surface area contributed by atoms with Crippen molar-refractivity contribution in [2.45, 2.75) is 43.8 Å². The van der Waals surface area contributed by atoms with Crippen LogP contribution in [0.1, 0.15) is 43.2 Å². The van der Waals surface area contributed by atoms with E-state index in [0.29, 0.717) is 31.3 Å². The molecule has 30 heavy (non-hydrogen) atoms. The van der Waals surface area contributed by atoms with Crippen molar-refractivity contribution in [2.75, 3.05) is 4.90 Å². The highest BCUT2D eigenvalue weighted by atomic mass is 32.1. The van der Waals surface area contributed by atoms with Crippen molar-refractivity contribution in [3.63, 3.8) is 0 Å². The van der Waals surface area contributed by atoms with Crippen LogP contribution in [0.15, 0.2) is 41.6 Å². The Morgan fingerprint density at radius 1 is 1.20 bits per heavy atom. The highest BCUT2D eigenvalue weighted by molar-refractivity contribution is 7.80. The van der Waals surface area contributed by atoms with Gasteiger partial charge in [-0.1, -0.05) is 6.08 Å². The molecule has 1 aliphatic heterocycles. The minimum Gasteiger partial charge on any atom is -0.307 e. The number of nitriles is 1. The van der Waals surface area contributed by atoms with Gasteiger partial charge >= 0.3 is 6.18 Å². The number of halogens is 3. The van der Waals surface area contributed by atoms with E-state index in [4.69, 9.17) is 17.5 Å². The SMILES string of the molecule is N#Cc1ccc(N2C(=O)C3(CCC3)N(C3=CC=C(C=O)CC3)C2=S)cc1C(F)(F)F. The summed E-state index contributed by atoms with van der Waals surface area (Å²) in [6.07, 6.45) is 2.39. The van der Waals surface area contributed by atoms with Crippen LogP contribution in [0.2, 0.25) is 0 Å². The Morgan fingerprint density at radius 3 is 2.43 bits per heavy atom. The average Bonchev–Trinajstić information content (AvgIpc) is 2.93. The average molecular weight is 431 g/mol. The number of amides is 1. The van der Waals surface area contributed by atoms with Gasteiger partial charge in [-0.15, -0.1) is 0 Å². The Morgan fingerprint density at radius 2 is 1.93 bits per heavy atom. The molecule has 1 spiro atoms. The second-order valence-electron chi connectivity index (χ2n) is 7.50. The summed E-state index contributed by atoms with van der Waals surface area (Å²) in [5.74, 6) is -0.359. The molecule has 1 aromatic carbocycles. The van der Waals surface area contributed by atoms with Crippen molar-refractivity contribution >= 4 is 35.2 Å². The summed E-state index contributed by atoms with van der Waals surface area (Å²) in [7, 11) is 0. The zero-order valence-electron chi connectivity index (χ0n) is 15.7. The number of anilines is 1. The predicted molar refractivity (Wildman–Crippen MR) is 106 cm³/mol. The summed E-state index contributed by atoms with van der Waals surface area (Å²) in [5.41, 5.74) is -1.12. The van der Waals surface area contributed by atoms with Gasteiger partial charge in [0.1, 0.15) is 11.8 Å². The standard InChI is InChI=1S/C21H16F3N3O2S/c22-21(23,24)17-10-16(7-4-14(17)11-25)26-18(29)20(8-1-9-20)27(19(26)30)15-5-2-13(12-28)3-6-15/h2,4-5,7,10,12H,1,3,6,8-9H2. The first-order chi connectivity index (χ1) is 14.2. The van der Waals surface area contributed by atoms with E-state index >= 15 is 0 Å². The van der Waals surface area contributed by atoms with Crippen LogP contribution in [0.3, 0.4) is 0 Å². The second kappa shape index (κ2) is 7.06. The lowest BCUT2D eigenvalue weighted by Gasteiger charge is -2.44. The van der Waals surface area contributed by atoms with Crippen LogP contribution >= 0.6 is 12.2 Å². The van der Waals surface area contributed by atoms with Gasteiger partial charge in [-0.3, -0.25) is 14.5 Å². The Balaban J connectivity index is 1.78. The molecule has 154 valence electrons. The van der Waals surface area contributed by atoms with E-state index in [9.17, 15) is 22.8 Å². The van der Waals surface area contributed by atoms with Crippen molar-refractivity contribution in [3.8, 4) is 6.07 Å². The first-order valence-corrected chi connectivity index (χ1v) is 9.79. The van der Waals surface area contributed by atoms with E-state index < -0.39 is 22.8 Å². The molecule has 2 aliphatic carbocycles. The lowest BCUT2D eigenvalue weighted by atomic mass is 9.75. The molecule has 0 N–H and O–H groups in total. The number of hydrogen-bond acceptors (Lipinski definition) is 4. The Bertz CT molecular complexity index is 1060. The van der Waals surface area contributed by atoms with Crippen LogP contribution in [0.5, 0.6) is 0 Å². The van der Waals surface area contributed by atoms with E-state index in [1.165, 1.54) is 6.07 Å². The van der Waals surface area contributed by atoms with Crippen LogP contribution in [0.25, 0.3) is 0 Å². The van der Waals surface area contributed by atoms with Gasteiger partial charge in [0.25, 0.3) is 5.91 Å². The molecule has 9 heteroatoms. The van der Waals surface area contributed by atoms with Gasteiger partial charge in [0.15, 0.2) is 5.11 Å². The van der Waals surface area contributed by atoms with Gasteiger partial charge in [0, 0.05) is 5.70 Å². The van der Waals surface area contributed by atoms with Crippen LogP contribution in [0, 0.1) is 11.3 Å². The third-order valence-corrected chi connectivity index (χ3v) is 6.24. The Kier molecular flexibility index (Phi) is 4.77. The number of allylic oxidation sites excluding steroid dienone is 4. The molecule has 0 bridgehead atoms. The summed E-state index contributed by atoms with van der Waals surface area (Å²) < 4.78 is 40.3. The van der Waals surface area contributed by atoms with Crippen LogP contribution in [-0.2, 0) is 15.8 Å². The topological polar surface area (TPSA) is 64.4 Å². The van der Waals surface area contributed by atoms with Crippen molar-refractivity contribution in [2.24, 2.45) is 0 Å². The number of thiocarbonyl (C=S) groups is 1. The van der Waals surface area contributed by atoms with Gasteiger partial charge in [-0.2, -0.15) is 18.4 Å². The fourth-order valence-corrected chi connectivity index (χ4v) is 4.66. The number of nitrogens with zero attached hydrogens (tertiary/aromatic N) is 3. The minimum absolute atomic E-state index is 0.00867. The molecular weight excluding hydrogens is 415 g/mol. The summed E-state index contributed by atoms with van der Waals surface area (Å²) >= 11 is 5.56. The largest absolute Gasteiger partial charge is 0.417 e. The van der Waals surface area contributed by atoms with Gasteiger partial charge in [-0.25, -0.2) is 0 Å². The van der Waals surface area contributed by atoms with Crippen LogP contribution < -0.4 is 4.90 Å². The third-order valence-electron chi connectivity index (χ3n) is 5.88.